The van der Waals surface area contributed by atoms with E-state index in [0.717, 1.165) is 23.7 Å². The van der Waals surface area contributed by atoms with Gasteiger partial charge in [-0.1, -0.05) is 44.5 Å². The number of nitrogens with one attached hydrogen (secondary N) is 2. The lowest BCUT2D eigenvalue weighted by atomic mass is 9.83. The number of hydrogen-bond donors (Lipinski definition) is 2. The third kappa shape index (κ3) is 5.50. The largest absolute Gasteiger partial charge is 0.355 e. The van der Waals surface area contributed by atoms with Crippen LogP contribution in [0, 0.1) is 11.8 Å². The van der Waals surface area contributed by atoms with Crippen molar-refractivity contribution in [2.75, 3.05) is 19.6 Å². The average molecular weight is 337 g/mol. The molecule has 1 saturated heterocycles. The molecule has 0 aliphatic carbocycles. The summed E-state index contributed by atoms with van der Waals surface area (Å²) in [4.78, 5) is 12.3. The van der Waals surface area contributed by atoms with E-state index in [1.807, 2.05) is 18.2 Å². The van der Waals surface area contributed by atoms with Crippen molar-refractivity contribution >= 4 is 17.5 Å². The zero-order valence-corrected chi connectivity index (χ0v) is 15.2. The molecule has 4 heteroatoms. The maximum Gasteiger partial charge on any atom is 0.220 e. The van der Waals surface area contributed by atoms with Gasteiger partial charge in [-0.3, -0.25) is 4.79 Å². The van der Waals surface area contributed by atoms with Crippen molar-refractivity contribution < 1.29 is 4.79 Å². The molecule has 2 rings (SSSR count). The van der Waals surface area contributed by atoms with Gasteiger partial charge in [0.15, 0.2) is 0 Å². The second kappa shape index (κ2) is 8.16. The lowest BCUT2D eigenvalue weighted by Crippen LogP contribution is -2.39. The molecule has 0 radical (unpaired) electrons. The lowest BCUT2D eigenvalue weighted by Gasteiger charge is -2.29. The Morgan fingerprint density at radius 3 is 2.91 bits per heavy atom. The average Bonchev–Trinajstić information content (AvgIpc) is 2.54. The van der Waals surface area contributed by atoms with Crippen LogP contribution in [0.5, 0.6) is 0 Å². The molecular formula is C19H29ClN2O. The van der Waals surface area contributed by atoms with Gasteiger partial charge in [0, 0.05) is 23.4 Å². The van der Waals surface area contributed by atoms with E-state index in [1.165, 1.54) is 12.8 Å². The first kappa shape index (κ1) is 18.3. The number of benzene rings is 1. The summed E-state index contributed by atoms with van der Waals surface area (Å²) in [6.45, 7) is 9.24. The van der Waals surface area contributed by atoms with Crippen LogP contribution in [0.25, 0.3) is 0 Å². The van der Waals surface area contributed by atoms with E-state index in [-0.39, 0.29) is 11.3 Å². The number of hydrogen-bond acceptors (Lipinski definition) is 2. The normalized spacial score (nSPS) is 20.1. The standard InChI is InChI=1S/C19H29ClN2O/c1-14(15-6-5-9-21-12-15)10-18(23)22-13-19(2,3)16-7-4-8-17(20)11-16/h4,7-8,11,14-15,21H,5-6,9-10,12-13H2,1-3H3,(H,22,23). The molecule has 1 aliphatic heterocycles. The molecule has 128 valence electrons. The van der Waals surface area contributed by atoms with Crippen LogP contribution in [0.2, 0.25) is 5.02 Å². The van der Waals surface area contributed by atoms with Crippen molar-refractivity contribution in [1.29, 1.82) is 0 Å². The minimum absolute atomic E-state index is 0.129. The van der Waals surface area contributed by atoms with Gasteiger partial charge in [0.2, 0.25) is 5.91 Å². The van der Waals surface area contributed by atoms with Crippen LogP contribution in [0.4, 0.5) is 0 Å². The third-order valence-electron chi connectivity index (χ3n) is 4.98. The predicted octanol–water partition coefficient (Wildman–Crippen LogP) is 3.76. The van der Waals surface area contributed by atoms with E-state index >= 15 is 0 Å². The second-order valence-electron chi connectivity index (χ2n) is 7.46. The Morgan fingerprint density at radius 2 is 2.26 bits per heavy atom. The molecule has 0 saturated carbocycles. The lowest BCUT2D eigenvalue weighted by molar-refractivity contribution is -0.122. The fourth-order valence-electron chi connectivity index (χ4n) is 3.23. The predicted molar refractivity (Wildman–Crippen MR) is 96.9 cm³/mol. The Balaban J connectivity index is 1.83. The Morgan fingerprint density at radius 1 is 1.48 bits per heavy atom. The summed E-state index contributed by atoms with van der Waals surface area (Å²) < 4.78 is 0. The zero-order chi connectivity index (χ0) is 16.9. The molecule has 0 spiro atoms. The first-order valence-electron chi connectivity index (χ1n) is 8.62. The molecule has 1 aromatic carbocycles. The SMILES string of the molecule is CC(CC(=O)NCC(C)(C)c1cccc(Cl)c1)C1CCCNC1. The molecule has 1 amide bonds. The molecule has 2 N–H and O–H groups in total. The summed E-state index contributed by atoms with van der Waals surface area (Å²) in [5.41, 5.74) is 1.02. The summed E-state index contributed by atoms with van der Waals surface area (Å²) in [6, 6.07) is 7.87. The fourth-order valence-corrected chi connectivity index (χ4v) is 3.42. The van der Waals surface area contributed by atoms with Gasteiger partial charge in [-0.15, -0.1) is 0 Å². The molecule has 23 heavy (non-hydrogen) atoms. The van der Waals surface area contributed by atoms with Gasteiger partial charge in [0.25, 0.3) is 0 Å². The third-order valence-corrected chi connectivity index (χ3v) is 5.22. The summed E-state index contributed by atoms with van der Waals surface area (Å²) in [6.07, 6.45) is 3.06. The Kier molecular flexibility index (Phi) is 6.49. The molecule has 1 aliphatic rings. The van der Waals surface area contributed by atoms with Crippen LogP contribution in [0.15, 0.2) is 24.3 Å². The Bertz CT molecular complexity index is 524. The van der Waals surface area contributed by atoms with Crippen LogP contribution in [0.1, 0.15) is 45.6 Å². The molecular weight excluding hydrogens is 308 g/mol. The van der Waals surface area contributed by atoms with Crippen molar-refractivity contribution in [1.82, 2.24) is 10.6 Å². The molecule has 2 atom stereocenters. The number of rotatable bonds is 6. The minimum atomic E-state index is -0.129. The smallest absolute Gasteiger partial charge is 0.220 e. The van der Waals surface area contributed by atoms with E-state index in [9.17, 15) is 4.79 Å². The first-order valence-corrected chi connectivity index (χ1v) is 9.00. The highest BCUT2D eigenvalue weighted by molar-refractivity contribution is 6.30. The Labute approximate surface area is 145 Å². The second-order valence-corrected chi connectivity index (χ2v) is 7.90. The van der Waals surface area contributed by atoms with Gasteiger partial charge >= 0.3 is 0 Å². The first-order chi connectivity index (χ1) is 10.9. The van der Waals surface area contributed by atoms with Crippen LogP contribution < -0.4 is 10.6 Å². The van der Waals surface area contributed by atoms with E-state index in [2.05, 4.69) is 37.5 Å². The molecule has 3 nitrogen and oxygen atoms in total. The number of carbonyl (C=O) groups excluding carboxylic acids is 1. The summed E-state index contributed by atoms with van der Waals surface area (Å²) in [7, 11) is 0. The van der Waals surface area contributed by atoms with Crippen molar-refractivity contribution in [2.45, 2.75) is 45.4 Å². The Hall–Kier alpha value is -1.06. The van der Waals surface area contributed by atoms with Crippen LogP contribution in [-0.4, -0.2) is 25.5 Å². The van der Waals surface area contributed by atoms with Gasteiger partial charge in [-0.2, -0.15) is 0 Å². The molecule has 0 aromatic heterocycles. The highest BCUT2D eigenvalue weighted by atomic mass is 35.5. The molecule has 0 bridgehead atoms. The topological polar surface area (TPSA) is 41.1 Å². The maximum atomic E-state index is 12.3. The van der Waals surface area contributed by atoms with Crippen LogP contribution in [-0.2, 0) is 10.2 Å². The zero-order valence-electron chi connectivity index (χ0n) is 14.5. The van der Waals surface area contributed by atoms with Crippen LogP contribution in [0.3, 0.4) is 0 Å². The molecule has 2 unspecified atom stereocenters. The number of piperidine rings is 1. The van der Waals surface area contributed by atoms with E-state index in [4.69, 9.17) is 11.6 Å². The number of halogens is 1. The summed E-state index contributed by atoms with van der Waals surface area (Å²) in [5, 5.41) is 7.27. The van der Waals surface area contributed by atoms with Gasteiger partial charge in [-0.25, -0.2) is 0 Å². The molecule has 1 aromatic rings. The fraction of sp³-hybridized carbons (Fsp3) is 0.632. The molecule has 1 heterocycles. The number of amides is 1. The molecule has 1 fully saturated rings. The van der Waals surface area contributed by atoms with E-state index < -0.39 is 0 Å². The summed E-state index contributed by atoms with van der Waals surface area (Å²) in [5.74, 6) is 1.20. The van der Waals surface area contributed by atoms with Crippen molar-refractivity contribution in [2.24, 2.45) is 11.8 Å². The number of carbonyl (C=O) groups is 1. The summed E-state index contributed by atoms with van der Waals surface area (Å²) >= 11 is 6.08. The van der Waals surface area contributed by atoms with E-state index in [0.29, 0.717) is 24.8 Å². The minimum Gasteiger partial charge on any atom is -0.355 e. The van der Waals surface area contributed by atoms with Crippen molar-refractivity contribution in [3.63, 3.8) is 0 Å². The maximum absolute atomic E-state index is 12.3. The van der Waals surface area contributed by atoms with Gasteiger partial charge in [-0.05, 0) is 55.5 Å². The van der Waals surface area contributed by atoms with Gasteiger partial charge in [0.05, 0.1) is 0 Å². The van der Waals surface area contributed by atoms with Crippen molar-refractivity contribution in [3.8, 4) is 0 Å². The van der Waals surface area contributed by atoms with Crippen LogP contribution >= 0.6 is 11.6 Å². The highest BCUT2D eigenvalue weighted by Gasteiger charge is 2.24. The van der Waals surface area contributed by atoms with Crippen molar-refractivity contribution in [3.05, 3.63) is 34.9 Å². The highest BCUT2D eigenvalue weighted by Crippen LogP contribution is 2.25. The van der Waals surface area contributed by atoms with Gasteiger partial charge in [0.1, 0.15) is 0 Å². The van der Waals surface area contributed by atoms with Gasteiger partial charge < -0.3 is 10.6 Å². The quantitative estimate of drug-likeness (QED) is 0.830. The van der Waals surface area contributed by atoms with E-state index in [1.54, 1.807) is 0 Å². The monoisotopic (exact) mass is 336 g/mol.